The number of esters is 1. The van der Waals surface area contributed by atoms with Crippen LogP contribution in [0, 0.1) is 23.7 Å². The highest BCUT2D eigenvalue weighted by Crippen LogP contribution is 2.39. The number of nitrogens with zero attached hydrogens (tertiary/aromatic N) is 2. The van der Waals surface area contributed by atoms with Crippen LogP contribution in [0.3, 0.4) is 0 Å². The molecule has 2 aromatic carbocycles. The number of para-hydroxylation sites is 1. The number of piperidine rings is 1. The van der Waals surface area contributed by atoms with E-state index in [1.165, 1.54) is 6.07 Å². The zero-order valence-corrected chi connectivity index (χ0v) is 37.9. The van der Waals surface area contributed by atoms with Crippen molar-refractivity contribution in [3.05, 3.63) is 78.0 Å². The number of aromatic nitrogens is 1. The van der Waals surface area contributed by atoms with Crippen molar-refractivity contribution in [3.63, 3.8) is 0 Å². The van der Waals surface area contributed by atoms with Crippen LogP contribution in [0.15, 0.2) is 66.7 Å². The first kappa shape index (κ1) is 48.6. The fraction of sp³-hybridized carbons (Fsp3) is 0.562. The van der Waals surface area contributed by atoms with Gasteiger partial charge >= 0.3 is 5.97 Å². The number of hydrogen-bond acceptors (Lipinski definition) is 10. The number of nitrogens with one attached hydrogen (secondary N) is 4. The van der Waals surface area contributed by atoms with E-state index in [0.29, 0.717) is 30.3 Å². The smallest absolute Gasteiger partial charge is 0.329 e. The van der Waals surface area contributed by atoms with Crippen molar-refractivity contribution in [3.8, 4) is 0 Å². The summed E-state index contributed by atoms with van der Waals surface area (Å²) in [6.07, 6.45) is 3.35. The molecule has 1 aliphatic carbocycles. The van der Waals surface area contributed by atoms with E-state index in [1.807, 2.05) is 77.1 Å². The third-order valence-electron chi connectivity index (χ3n) is 12.2. The first-order valence-corrected chi connectivity index (χ1v) is 22.4. The summed E-state index contributed by atoms with van der Waals surface area (Å²) in [5.74, 6) is -3.58. The lowest BCUT2D eigenvalue weighted by Gasteiger charge is -2.47. The minimum atomic E-state index is -1.43. The van der Waals surface area contributed by atoms with E-state index >= 15 is 0 Å². The lowest BCUT2D eigenvalue weighted by molar-refractivity contribution is -0.159. The molecule has 15 nitrogen and oxygen atoms in total. The third kappa shape index (κ3) is 13.8. The summed E-state index contributed by atoms with van der Waals surface area (Å²) in [4.78, 5) is 89.2. The summed E-state index contributed by atoms with van der Waals surface area (Å²) in [6.45, 7) is 13.6. The molecule has 1 aliphatic heterocycles. The van der Waals surface area contributed by atoms with Crippen LogP contribution in [-0.2, 0) is 35.1 Å². The molecular weight excluding hydrogens is 801 g/mol. The Balaban J connectivity index is 1.54. The number of carbonyl (C=O) groups is 6. The molecule has 3 aromatic rings. The Labute approximate surface area is 371 Å². The van der Waals surface area contributed by atoms with Gasteiger partial charge in [0.2, 0.25) is 23.6 Å². The summed E-state index contributed by atoms with van der Waals surface area (Å²) in [7, 11) is 0. The van der Waals surface area contributed by atoms with Crippen molar-refractivity contribution >= 4 is 46.4 Å². The molecule has 0 bridgehead atoms. The Kier molecular flexibility index (Phi) is 16.8. The maximum atomic E-state index is 14.5. The lowest BCUT2D eigenvalue weighted by Crippen LogP contribution is -2.62. The van der Waals surface area contributed by atoms with Gasteiger partial charge in [-0.15, -0.1) is 0 Å². The first-order chi connectivity index (χ1) is 29.8. The number of hydrogen-bond donors (Lipinski definition) is 6. The summed E-state index contributed by atoms with van der Waals surface area (Å²) in [6, 6.07) is 14.9. The number of likely N-dealkylation sites (tertiary alicyclic amines) is 1. The Bertz CT molecular complexity index is 2070. The maximum absolute atomic E-state index is 14.5. The van der Waals surface area contributed by atoms with Crippen LogP contribution in [0.5, 0.6) is 0 Å². The van der Waals surface area contributed by atoms with Gasteiger partial charge in [0.05, 0.1) is 30.1 Å². The van der Waals surface area contributed by atoms with Gasteiger partial charge in [-0.1, -0.05) is 102 Å². The zero-order valence-electron chi connectivity index (χ0n) is 37.9. The minimum Gasteiger partial charge on any atom is -0.457 e. The molecule has 1 saturated carbocycles. The number of amides is 5. The van der Waals surface area contributed by atoms with E-state index in [4.69, 9.17) is 16.2 Å². The molecule has 8 N–H and O–H groups in total. The number of fused-ring (bicyclic) bond motifs is 2. The topological polar surface area (TPSA) is 228 Å². The number of rotatable bonds is 18. The molecule has 2 fully saturated rings. The van der Waals surface area contributed by atoms with Gasteiger partial charge in [0, 0.05) is 24.0 Å². The van der Waals surface area contributed by atoms with Crippen LogP contribution >= 0.6 is 0 Å². The number of primary amides is 1. The van der Waals surface area contributed by atoms with Gasteiger partial charge in [-0.3, -0.25) is 28.9 Å². The van der Waals surface area contributed by atoms with Gasteiger partial charge in [0.25, 0.3) is 5.91 Å². The molecule has 342 valence electrons. The molecule has 1 aromatic heterocycles. The molecule has 2 heterocycles. The van der Waals surface area contributed by atoms with Crippen molar-refractivity contribution in [1.82, 2.24) is 31.2 Å². The van der Waals surface area contributed by atoms with E-state index in [9.17, 15) is 28.8 Å². The monoisotopic (exact) mass is 869 g/mol. The third-order valence-corrected chi connectivity index (χ3v) is 12.2. The Morgan fingerprint density at radius 1 is 0.825 bits per heavy atom. The Morgan fingerprint density at radius 3 is 2.14 bits per heavy atom. The van der Waals surface area contributed by atoms with E-state index < -0.39 is 83.8 Å². The van der Waals surface area contributed by atoms with Crippen LogP contribution < -0.4 is 32.7 Å². The highest BCUT2D eigenvalue weighted by atomic mass is 16.5. The summed E-state index contributed by atoms with van der Waals surface area (Å²) < 4.78 is 6.50. The van der Waals surface area contributed by atoms with Gasteiger partial charge in [0.15, 0.2) is 0 Å². The lowest BCUT2D eigenvalue weighted by atomic mass is 9.72. The van der Waals surface area contributed by atoms with Gasteiger partial charge in [-0.2, -0.15) is 0 Å². The van der Waals surface area contributed by atoms with E-state index in [0.717, 1.165) is 36.6 Å². The van der Waals surface area contributed by atoms with Gasteiger partial charge in [-0.05, 0) is 81.4 Å². The van der Waals surface area contributed by atoms with Crippen LogP contribution in [0.2, 0.25) is 0 Å². The van der Waals surface area contributed by atoms with Crippen molar-refractivity contribution < 1.29 is 33.5 Å². The van der Waals surface area contributed by atoms with Gasteiger partial charge in [0.1, 0.15) is 23.9 Å². The molecule has 1 saturated heterocycles. The summed E-state index contributed by atoms with van der Waals surface area (Å²) >= 11 is 0. The SMILES string of the molecule is CC(C)[C@H](NC(=O)[C@H](N)C(C)C)C(=O)O[C@H](CN1C[C@H]2CCCC[C@H]2C[C@H]1C(=O)NC(C)(C)C)[C@H](Cc1ccccc1)NC(=O)[C@H](CC(N)=O)NC(=O)c1ccc2ccccc2n1. The number of nitrogens with two attached hydrogens (primary N) is 2. The molecule has 0 spiro atoms. The van der Waals surface area contributed by atoms with E-state index in [-0.39, 0.29) is 30.5 Å². The number of carbonyl (C=O) groups excluding carboxylic acids is 6. The number of ether oxygens (including phenoxy) is 1. The average molecular weight is 869 g/mol. The average Bonchev–Trinajstić information content (AvgIpc) is 3.23. The molecule has 2 aliphatic rings. The van der Waals surface area contributed by atoms with Gasteiger partial charge in [-0.25, -0.2) is 9.78 Å². The Morgan fingerprint density at radius 2 is 1.49 bits per heavy atom. The highest BCUT2D eigenvalue weighted by Gasteiger charge is 2.44. The fourth-order valence-corrected chi connectivity index (χ4v) is 8.64. The van der Waals surface area contributed by atoms with Crippen LogP contribution in [-0.4, -0.2) is 100 Å². The summed E-state index contributed by atoms with van der Waals surface area (Å²) in [5.41, 5.74) is 12.8. The molecule has 15 heteroatoms. The zero-order chi connectivity index (χ0) is 46.0. The molecule has 8 atom stereocenters. The predicted octanol–water partition coefficient (Wildman–Crippen LogP) is 3.77. The maximum Gasteiger partial charge on any atom is 0.329 e. The number of benzene rings is 2. The molecular formula is C48H68N8O7. The highest BCUT2D eigenvalue weighted by molar-refractivity contribution is 5.99. The van der Waals surface area contributed by atoms with Crippen LogP contribution in [0.4, 0.5) is 0 Å². The van der Waals surface area contributed by atoms with E-state index in [2.05, 4.69) is 31.2 Å². The Hall–Kier alpha value is -5.41. The number of pyridine rings is 1. The first-order valence-electron chi connectivity index (χ1n) is 22.4. The molecule has 0 radical (unpaired) electrons. The van der Waals surface area contributed by atoms with Crippen LogP contribution in [0.1, 0.15) is 103 Å². The van der Waals surface area contributed by atoms with Crippen molar-refractivity contribution in [1.29, 1.82) is 0 Å². The standard InChI is InChI=1S/C48H68N8O7/c1-28(2)41(50)46(61)54-42(29(3)4)47(62)63-39(27-56-26-33-19-12-11-18-32(33)24-38(56)45(60)55-48(5,6)7)36(23-30-15-9-8-10-16-30)52-44(59)37(25-40(49)57)53-43(58)35-22-21-31-17-13-14-20-34(31)51-35/h8-10,13-17,20-22,28-29,32-33,36-39,41-42H,11-12,18-19,23-27,50H2,1-7H3,(H2,49,57)(H,52,59)(H,53,58)(H,54,61)(H,55,60)/t32-,33+,36-,37-,38-,39+,41+,42-/m0/s1. The minimum absolute atomic E-state index is 0.0354. The second-order valence-corrected chi connectivity index (χ2v) is 19.1. The van der Waals surface area contributed by atoms with E-state index in [1.54, 1.807) is 32.0 Å². The second-order valence-electron chi connectivity index (χ2n) is 19.1. The molecule has 63 heavy (non-hydrogen) atoms. The van der Waals surface area contributed by atoms with Crippen molar-refractivity contribution in [2.75, 3.05) is 13.1 Å². The summed E-state index contributed by atoms with van der Waals surface area (Å²) in [5, 5.41) is 12.5. The second kappa shape index (κ2) is 21.8. The normalized spacial score (nSPS) is 20.4. The molecule has 5 amide bonds. The quantitative estimate of drug-likeness (QED) is 0.102. The predicted molar refractivity (Wildman–Crippen MR) is 242 cm³/mol. The fourth-order valence-electron chi connectivity index (χ4n) is 8.64. The van der Waals surface area contributed by atoms with Crippen LogP contribution in [0.25, 0.3) is 10.9 Å². The van der Waals surface area contributed by atoms with Crippen molar-refractivity contribution in [2.24, 2.45) is 35.1 Å². The molecule has 5 rings (SSSR count). The van der Waals surface area contributed by atoms with Crippen molar-refractivity contribution in [2.45, 2.75) is 135 Å². The largest absolute Gasteiger partial charge is 0.457 e. The van der Waals surface area contributed by atoms with Gasteiger partial charge < -0.3 is 37.5 Å². The molecule has 0 unspecified atom stereocenters.